The lowest BCUT2D eigenvalue weighted by atomic mass is 9.74. The molecule has 0 unspecified atom stereocenters. The zero-order chi connectivity index (χ0) is 38.7. The average molecular weight is 717 g/mol. The van der Waals surface area contributed by atoms with Gasteiger partial charge >= 0.3 is 0 Å². The van der Waals surface area contributed by atoms with Crippen molar-refractivity contribution >= 4 is 21.8 Å². The summed E-state index contributed by atoms with van der Waals surface area (Å²) in [4.78, 5) is 4.85. The summed E-state index contributed by atoms with van der Waals surface area (Å²) in [5.41, 5.74) is 12.8. The number of pyridine rings is 1. The van der Waals surface area contributed by atoms with Crippen LogP contribution in [0.1, 0.15) is 109 Å². The highest BCUT2D eigenvalue weighted by Crippen LogP contribution is 2.44. The first-order valence-electron chi connectivity index (χ1n) is 19.5. The number of para-hydroxylation sites is 1. The van der Waals surface area contributed by atoms with E-state index in [1.807, 2.05) is 6.20 Å². The second-order valence-corrected chi connectivity index (χ2v) is 18.1. The molecule has 0 aliphatic rings. The fourth-order valence-corrected chi connectivity index (χ4v) is 7.95. The molecule has 3 aromatic heterocycles. The standard InChI is InChI=1S/C49H56N4O/c1-13-17-33-24-25-50-44(26-33)52-42-21-15-14-18-38(42)39-23-22-36(30-43(39)52)54-37-28-34(47(4,5)6)27-35(29-37)53-32(3)45(31(2)51-53)46-40(48(7,8)9)19-16-20-41(46)49(10,11)12/h14-16,18-30H,13,17H2,1-12H3. The van der Waals surface area contributed by atoms with E-state index in [1.54, 1.807) is 0 Å². The molecular weight excluding hydrogens is 661 g/mol. The summed E-state index contributed by atoms with van der Waals surface area (Å²) in [7, 11) is 0. The van der Waals surface area contributed by atoms with Crippen molar-refractivity contribution in [3.63, 3.8) is 0 Å². The van der Waals surface area contributed by atoms with E-state index in [2.05, 4.69) is 183 Å². The third kappa shape index (κ3) is 6.85. The molecule has 0 aliphatic carbocycles. The lowest BCUT2D eigenvalue weighted by molar-refractivity contribution is 0.478. The molecule has 0 atom stereocenters. The number of nitrogens with zero attached hydrogens (tertiary/aromatic N) is 4. The van der Waals surface area contributed by atoms with Crippen LogP contribution in [0, 0.1) is 13.8 Å². The molecule has 0 bridgehead atoms. The third-order valence-electron chi connectivity index (χ3n) is 10.7. The molecule has 5 heteroatoms. The zero-order valence-corrected chi connectivity index (χ0v) is 34.3. The number of ether oxygens (including phenoxy) is 1. The maximum atomic E-state index is 6.85. The monoisotopic (exact) mass is 716 g/mol. The minimum Gasteiger partial charge on any atom is -0.457 e. The van der Waals surface area contributed by atoms with E-state index in [0.29, 0.717) is 0 Å². The van der Waals surface area contributed by atoms with Crippen LogP contribution in [-0.2, 0) is 22.7 Å². The van der Waals surface area contributed by atoms with Crippen molar-refractivity contribution in [3.8, 4) is 34.1 Å². The SMILES string of the molecule is CCCc1ccnc(-n2c3ccccc3c3ccc(Oc4cc(-n5nc(C)c(-c6c(C(C)(C)C)cccc6C(C)(C)C)c5C)cc(C(C)(C)C)c4)cc32)c1. The predicted octanol–water partition coefficient (Wildman–Crippen LogP) is 13.3. The Morgan fingerprint density at radius 3 is 1.98 bits per heavy atom. The summed E-state index contributed by atoms with van der Waals surface area (Å²) in [6, 6.07) is 32.7. The first-order chi connectivity index (χ1) is 25.5. The molecule has 7 rings (SSSR count). The summed E-state index contributed by atoms with van der Waals surface area (Å²) < 4.78 is 11.2. The van der Waals surface area contributed by atoms with E-state index in [1.165, 1.54) is 44.2 Å². The fourth-order valence-electron chi connectivity index (χ4n) is 7.95. The Morgan fingerprint density at radius 2 is 1.31 bits per heavy atom. The van der Waals surface area contributed by atoms with Crippen molar-refractivity contribution in [2.24, 2.45) is 0 Å². The smallest absolute Gasteiger partial charge is 0.137 e. The normalized spacial score (nSPS) is 12.6. The Morgan fingerprint density at radius 1 is 0.630 bits per heavy atom. The van der Waals surface area contributed by atoms with Crippen LogP contribution in [0.15, 0.2) is 97.2 Å². The minimum atomic E-state index is -0.114. The Kier molecular flexibility index (Phi) is 9.36. The number of hydrogen-bond acceptors (Lipinski definition) is 3. The summed E-state index contributed by atoms with van der Waals surface area (Å²) in [6.07, 6.45) is 4.03. The number of benzene rings is 4. The molecule has 5 nitrogen and oxygen atoms in total. The maximum Gasteiger partial charge on any atom is 0.137 e. The molecule has 0 saturated carbocycles. The fraction of sp³-hybridized carbons (Fsp3) is 0.347. The summed E-state index contributed by atoms with van der Waals surface area (Å²) >= 11 is 0. The zero-order valence-electron chi connectivity index (χ0n) is 34.3. The highest BCUT2D eigenvalue weighted by atomic mass is 16.5. The van der Waals surface area contributed by atoms with Crippen molar-refractivity contribution < 1.29 is 4.74 Å². The molecule has 0 radical (unpaired) electrons. The topological polar surface area (TPSA) is 44.9 Å². The summed E-state index contributed by atoms with van der Waals surface area (Å²) in [5.74, 6) is 2.47. The highest BCUT2D eigenvalue weighted by Gasteiger charge is 2.30. The molecule has 0 aliphatic heterocycles. The van der Waals surface area contributed by atoms with Gasteiger partial charge in [0.1, 0.15) is 17.3 Å². The van der Waals surface area contributed by atoms with Crippen LogP contribution >= 0.6 is 0 Å². The Balaban J connectivity index is 1.37. The quantitative estimate of drug-likeness (QED) is 0.165. The molecule has 4 aromatic carbocycles. The Bertz CT molecular complexity index is 2480. The number of hydrogen-bond donors (Lipinski definition) is 0. The van der Waals surface area contributed by atoms with Crippen molar-refractivity contribution in [2.75, 3.05) is 0 Å². The number of rotatable bonds is 7. The van der Waals surface area contributed by atoms with Crippen molar-refractivity contribution in [2.45, 2.75) is 112 Å². The first-order valence-corrected chi connectivity index (χ1v) is 19.5. The molecule has 54 heavy (non-hydrogen) atoms. The molecular formula is C49H56N4O. The maximum absolute atomic E-state index is 6.85. The van der Waals surface area contributed by atoms with Gasteiger partial charge in [-0.15, -0.1) is 0 Å². The van der Waals surface area contributed by atoms with Crippen LogP contribution in [0.2, 0.25) is 0 Å². The van der Waals surface area contributed by atoms with Crippen LogP contribution in [0.25, 0.3) is 44.4 Å². The van der Waals surface area contributed by atoms with E-state index in [-0.39, 0.29) is 16.2 Å². The van der Waals surface area contributed by atoms with Gasteiger partial charge < -0.3 is 4.74 Å². The number of aryl methyl sites for hydroxylation is 2. The number of fused-ring (bicyclic) bond motifs is 3. The van der Waals surface area contributed by atoms with E-state index in [0.717, 1.165) is 58.3 Å². The second kappa shape index (κ2) is 13.6. The molecule has 3 heterocycles. The van der Waals surface area contributed by atoms with Gasteiger partial charge in [-0.2, -0.15) is 5.10 Å². The molecule has 0 fully saturated rings. The van der Waals surface area contributed by atoms with Crippen LogP contribution in [-0.4, -0.2) is 19.3 Å². The molecule has 0 N–H and O–H groups in total. The van der Waals surface area contributed by atoms with Crippen LogP contribution in [0.4, 0.5) is 0 Å². The van der Waals surface area contributed by atoms with Gasteiger partial charge in [0, 0.05) is 40.4 Å². The lowest BCUT2D eigenvalue weighted by Gasteiger charge is -2.30. The predicted molar refractivity (Wildman–Crippen MR) is 227 cm³/mol. The van der Waals surface area contributed by atoms with Gasteiger partial charge in [-0.05, 0) is 107 Å². The van der Waals surface area contributed by atoms with Crippen molar-refractivity contribution in [3.05, 3.63) is 131 Å². The first kappa shape index (κ1) is 37.2. The molecule has 0 amide bonds. The summed E-state index contributed by atoms with van der Waals surface area (Å²) in [5, 5.41) is 7.62. The second-order valence-electron chi connectivity index (χ2n) is 18.1. The molecule has 0 saturated heterocycles. The Hall–Kier alpha value is -5.16. The highest BCUT2D eigenvalue weighted by molar-refractivity contribution is 6.09. The van der Waals surface area contributed by atoms with E-state index in [4.69, 9.17) is 14.8 Å². The van der Waals surface area contributed by atoms with Gasteiger partial charge in [-0.1, -0.05) is 112 Å². The van der Waals surface area contributed by atoms with Crippen LogP contribution in [0.5, 0.6) is 11.5 Å². The van der Waals surface area contributed by atoms with Crippen molar-refractivity contribution in [1.29, 1.82) is 0 Å². The largest absolute Gasteiger partial charge is 0.457 e. The van der Waals surface area contributed by atoms with E-state index >= 15 is 0 Å². The molecule has 0 spiro atoms. The Labute approximate surface area is 322 Å². The minimum absolute atomic E-state index is 0.0358. The van der Waals surface area contributed by atoms with Crippen molar-refractivity contribution in [1.82, 2.24) is 19.3 Å². The van der Waals surface area contributed by atoms with Crippen LogP contribution < -0.4 is 4.74 Å². The molecule has 278 valence electrons. The van der Waals surface area contributed by atoms with Gasteiger partial charge in [0.15, 0.2) is 0 Å². The van der Waals surface area contributed by atoms with Gasteiger partial charge in [-0.25, -0.2) is 9.67 Å². The van der Waals surface area contributed by atoms with E-state index < -0.39 is 0 Å². The van der Waals surface area contributed by atoms with E-state index in [9.17, 15) is 0 Å². The van der Waals surface area contributed by atoms with Crippen LogP contribution in [0.3, 0.4) is 0 Å². The lowest BCUT2D eigenvalue weighted by Crippen LogP contribution is -2.19. The third-order valence-corrected chi connectivity index (χ3v) is 10.7. The molecule has 7 aromatic rings. The van der Waals surface area contributed by atoms with Gasteiger partial charge in [0.2, 0.25) is 0 Å². The van der Waals surface area contributed by atoms with Gasteiger partial charge in [0.05, 0.1) is 22.4 Å². The van der Waals surface area contributed by atoms with Gasteiger partial charge in [-0.3, -0.25) is 4.57 Å². The van der Waals surface area contributed by atoms with Gasteiger partial charge in [0.25, 0.3) is 0 Å². The number of aromatic nitrogens is 4. The summed E-state index contributed by atoms with van der Waals surface area (Å²) in [6.45, 7) is 27.2. The average Bonchev–Trinajstić information content (AvgIpc) is 3.59.